The van der Waals surface area contributed by atoms with Gasteiger partial charge in [-0.15, -0.1) is 0 Å². The fourth-order valence-corrected chi connectivity index (χ4v) is 2.94. The number of methoxy groups -OCH3 is 1. The van der Waals surface area contributed by atoms with Crippen molar-refractivity contribution in [3.8, 4) is 0 Å². The second-order valence-electron chi connectivity index (χ2n) is 5.76. The van der Waals surface area contributed by atoms with Crippen molar-refractivity contribution in [1.82, 2.24) is 4.90 Å². The van der Waals surface area contributed by atoms with Crippen molar-refractivity contribution < 1.29 is 9.84 Å². The maximum absolute atomic E-state index is 10.7. The van der Waals surface area contributed by atoms with Crippen LogP contribution >= 0.6 is 0 Å². The summed E-state index contributed by atoms with van der Waals surface area (Å²) in [5.41, 5.74) is 5.81. The van der Waals surface area contributed by atoms with Gasteiger partial charge in [-0.25, -0.2) is 0 Å². The number of benzene rings is 1. The van der Waals surface area contributed by atoms with E-state index < -0.39 is 5.60 Å². The minimum Gasteiger partial charge on any atom is -0.384 e. The molecule has 4 heteroatoms. The van der Waals surface area contributed by atoms with E-state index in [1.165, 1.54) is 6.42 Å². The van der Waals surface area contributed by atoms with E-state index in [0.717, 1.165) is 31.8 Å². The molecule has 0 aliphatic carbocycles. The monoisotopic (exact) mass is 278 g/mol. The van der Waals surface area contributed by atoms with Gasteiger partial charge in [0.15, 0.2) is 0 Å². The van der Waals surface area contributed by atoms with Crippen LogP contribution in [0.2, 0.25) is 0 Å². The zero-order valence-electron chi connectivity index (χ0n) is 12.3. The molecule has 1 fully saturated rings. The van der Waals surface area contributed by atoms with E-state index in [-0.39, 0.29) is 6.54 Å². The Kier molecular flexibility index (Phi) is 5.54. The van der Waals surface area contributed by atoms with Crippen LogP contribution < -0.4 is 5.73 Å². The number of hydrogen-bond acceptors (Lipinski definition) is 4. The molecule has 1 heterocycles. The molecule has 2 atom stereocenters. The number of likely N-dealkylation sites (tertiary alicyclic amines) is 1. The van der Waals surface area contributed by atoms with E-state index in [2.05, 4.69) is 4.90 Å². The van der Waals surface area contributed by atoms with Gasteiger partial charge in [0.25, 0.3) is 0 Å². The van der Waals surface area contributed by atoms with E-state index in [1.807, 2.05) is 30.3 Å². The van der Waals surface area contributed by atoms with Crippen molar-refractivity contribution >= 4 is 0 Å². The molecule has 0 bridgehead atoms. The summed E-state index contributed by atoms with van der Waals surface area (Å²) in [6.45, 7) is 4.11. The van der Waals surface area contributed by atoms with Gasteiger partial charge >= 0.3 is 0 Å². The Morgan fingerprint density at radius 1 is 1.40 bits per heavy atom. The SMILES string of the molecule is COCC1CCN(CCC(O)(CN)c2ccccc2)C1. The van der Waals surface area contributed by atoms with Crippen LogP contribution in [0, 0.1) is 5.92 Å². The maximum Gasteiger partial charge on any atom is 0.103 e. The molecule has 2 unspecified atom stereocenters. The lowest BCUT2D eigenvalue weighted by Gasteiger charge is -2.29. The minimum absolute atomic E-state index is 0.256. The van der Waals surface area contributed by atoms with Crippen molar-refractivity contribution in [2.45, 2.75) is 18.4 Å². The summed E-state index contributed by atoms with van der Waals surface area (Å²) in [6.07, 6.45) is 1.85. The molecule has 1 aromatic carbocycles. The third-order valence-electron chi connectivity index (χ3n) is 4.26. The van der Waals surface area contributed by atoms with Crippen molar-refractivity contribution in [2.75, 3.05) is 39.9 Å². The average Bonchev–Trinajstić information content (AvgIpc) is 2.94. The van der Waals surface area contributed by atoms with E-state index >= 15 is 0 Å². The van der Waals surface area contributed by atoms with Gasteiger partial charge in [-0.1, -0.05) is 30.3 Å². The minimum atomic E-state index is -0.916. The lowest BCUT2D eigenvalue weighted by atomic mass is 9.90. The van der Waals surface area contributed by atoms with Crippen molar-refractivity contribution in [2.24, 2.45) is 11.7 Å². The fourth-order valence-electron chi connectivity index (χ4n) is 2.94. The lowest BCUT2D eigenvalue weighted by molar-refractivity contribution is 0.0272. The van der Waals surface area contributed by atoms with Crippen molar-refractivity contribution in [3.05, 3.63) is 35.9 Å². The Balaban J connectivity index is 1.88. The molecule has 112 valence electrons. The van der Waals surface area contributed by atoms with Gasteiger partial charge in [0.1, 0.15) is 5.60 Å². The molecule has 1 saturated heterocycles. The first-order valence-corrected chi connectivity index (χ1v) is 7.37. The first kappa shape index (κ1) is 15.4. The average molecular weight is 278 g/mol. The van der Waals surface area contributed by atoms with Gasteiger partial charge < -0.3 is 20.5 Å². The Morgan fingerprint density at radius 3 is 2.80 bits per heavy atom. The zero-order valence-corrected chi connectivity index (χ0v) is 12.3. The number of aliphatic hydroxyl groups is 1. The van der Waals surface area contributed by atoms with Crippen molar-refractivity contribution in [1.29, 1.82) is 0 Å². The molecule has 1 aliphatic heterocycles. The fraction of sp³-hybridized carbons (Fsp3) is 0.625. The van der Waals surface area contributed by atoms with Gasteiger partial charge in [-0.2, -0.15) is 0 Å². The smallest absolute Gasteiger partial charge is 0.103 e. The number of hydrogen-bond donors (Lipinski definition) is 2. The van der Waals surface area contributed by atoms with Crippen LogP contribution in [-0.2, 0) is 10.3 Å². The molecule has 0 radical (unpaired) electrons. The summed E-state index contributed by atoms with van der Waals surface area (Å²) in [4.78, 5) is 2.40. The van der Waals surface area contributed by atoms with E-state index in [9.17, 15) is 5.11 Å². The summed E-state index contributed by atoms with van der Waals surface area (Å²) in [5, 5.41) is 10.7. The van der Waals surface area contributed by atoms with Gasteiger partial charge in [0.2, 0.25) is 0 Å². The highest BCUT2D eigenvalue weighted by atomic mass is 16.5. The first-order chi connectivity index (χ1) is 9.68. The topological polar surface area (TPSA) is 58.7 Å². The van der Waals surface area contributed by atoms with Crippen LogP contribution in [0.4, 0.5) is 0 Å². The van der Waals surface area contributed by atoms with E-state index in [4.69, 9.17) is 10.5 Å². The number of ether oxygens (including phenoxy) is 1. The van der Waals surface area contributed by atoms with Crippen LogP contribution in [0.5, 0.6) is 0 Å². The summed E-state index contributed by atoms with van der Waals surface area (Å²) in [5.74, 6) is 0.627. The van der Waals surface area contributed by atoms with E-state index in [1.54, 1.807) is 7.11 Å². The Bertz CT molecular complexity index is 399. The molecule has 0 saturated carbocycles. The summed E-state index contributed by atoms with van der Waals surface area (Å²) in [6, 6.07) is 9.74. The zero-order chi connectivity index (χ0) is 14.4. The van der Waals surface area contributed by atoms with Crippen LogP contribution in [0.25, 0.3) is 0 Å². The normalized spacial score (nSPS) is 22.9. The number of nitrogens with zero attached hydrogens (tertiary/aromatic N) is 1. The molecule has 1 aromatic rings. The molecular weight excluding hydrogens is 252 g/mol. The summed E-state index contributed by atoms with van der Waals surface area (Å²) in [7, 11) is 1.76. The molecule has 20 heavy (non-hydrogen) atoms. The highest BCUT2D eigenvalue weighted by Crippen LogP contribution is 2.25. The van der Waals surface area contributed by atoms with Gasteiger partial charge in [-0.05, 0) is 30.9 Å². The van der Waals surface area contributed by atoms with Crippen LogP contribution in [0.15, 0.2) is 30.3 Å². The molecule has 4 nitrogen and oxygen atoms in total. The second kappa shape index (κ2) is 7.18. The lowest BCUT2D eigenvalue weighted by Crippen LogP contribution is -2.38. The third-order valence-corrected chi connectivity index (χ3v) is 4.26. The van der Waals surface area contributed by atoms with Gasteiger partial charge in [0.05, 0.1) is 6.61 Å². The summed E-state index contributed by atoms with van der Waals surface area (Å²) >= 11 is 0. The van der Waals surface area contributed by atoms with Gasteiger partial charge in [0, 0.05) is 26.7 Å². The summed E-state index contributed by atoms with van der Waals surface area (Å²) < 4.78 is 5.21. The molecule has 0 amide bonds. The largest absolute Gasteiger partial charge is 0.384 e. The van der Waals surface area contributed by atoms with Crippen LogP contribution in [-0.4, -0.2) is 49.9 Å². The number of nitrogens with two attached hydrogens (primary N) is 1. The standard InChI is InChI=1S/C16H26N2O2/c1-20-12-14-7-9-18(11-14)10-8-16(19,13-17)15-5-3-2-4-6-15/h2-6,14,19H,7-13,17H2,1H3. The van der Waals surface area contributed by atoms with Crippen LogP contribution in [0.3, 0.4) is 0 Å². The third kappa shape index (κ3) is 3.79. The first-order valence-electron chi connectivity index (χ1n) is 7.37. The van der Waals surface area contributed by atoms with Crippen molar-refractivity contribution in [3.63, 3.8) is 0 Å². The van der Waals surface area contributed by atoms with Crippen LogP contribution in [0.1, 0.15) is 18.4 Å². The Labute approximate surface area is 121 Å². The molecule has 2 rings (SSSR count). The molecule has 0 spiro atoms. The second-order valence-corrected chi connectivity index (χ2v) is 5.76. The molecule has 1 aliphatic rings. The molecular formula is C16H26N2O2. The molecule has 3 N–H and O–H groups in total. The quantitative estimate of drug-likeness (QED) is 0.786. The van der Waals surface area contributed by atoms with Gasteiger partial charge in [-0.3, -0.25) is 0 Å². The maximum atomic E-state index is 10.7. The van der Waals surface area contributed by atoms with E-state index in [0.29, 0.717) is 12.3 Å². The Hall–Kier alpha value is -0.940. The highest BCUT2D eigenvalue weighted by Gasteiger charge is 2.30. The molecule has 0 aromatic heterocycles. The predicted molar refractivity (Wildman–Crippen MR) is 80.4 cm³/mol. The predicted octanol–water partition coefficient (Wildman–Crippen LogP) is 1.19. The Morgan fingerprint density at radius 2 is 2.15 bits per heavy atom. The number of rotatable bonds is 7. The highest BCUT2D eigenvalue weighted by molar-refractivity contribution is 5.22.